The van der Waals surface area contributed by atoms with Crippen LogP contribution in [0.2, 0.25) is 5.02 Å². The van der Waals surface area contributed by atoms with Crippen LogP contribution in [-0.2, 0) is 46.9 Å². The van der Waals surface area contributed by atoms with Crippen molar-refractivity contribution in [2.24, 2.45) is 0 Å². The molecule has 0 aliphatic carbocycles. The molecule has 0 radical (unpaired) electrons. The number of benzene rings is 2. The fourth-order valence-electron chi connectivity index (χ4n) is 7.15. The second-order valence-corrected chi connectivity index (χ2v) is 14.2. The molecule has 11 nitrogen and oxygen atoms in total. The number of aromatic nitrogens is 3. The number of likely N-dealkylation sites (N-methyl/N-ethyl adjacent to an activating group) is 1. The van der Waals surface area contributed by atoms with Crippen LogP contribution in [-0.4, -0.2) is 88.4 Å². The topological polar surface area (TPSA) is 117 Å². The first kappa shape index (κ1) is 36.8. The van der Waals surface area contributed by atoms with Crippen molar-refractivity contribution in [3.63, 3.8) is 0 Å². The first-order valence-corrected chi connectivity index (χ1v) is 18.6. The van der Waals surface area contributed by atoms with E-state index in [-0.39, 0.29) is 37.4 Å². The summed E-state index contributed by atoms with van der Waals surface area (Å²) < 4.78 is 7.47. The zero-order valence-corrected chi connectivity index (χ0v) is 31.1. The summed E-state index contributed by atoms with van der Waals surface area (Å²) >= 11 is 6.68. The predicted octanol–water partition coefficient (Wildman–Crippen LogP) is 5.38. The number of hydrogen-bond donors (Lipinski definition) is 3. The molecule has 2 fully saturated rings. The quantitative estimate of drug-likeness (QED) is 0.158. The largest absolute Gasteiger partial charge is 0.381 e. The first-order valence-electron chi connectivity index (χ1n) is 18.3. The number of amides is 2. The minimum absolute atomic E-state index is 0.252. The van der Waals surface area contributed by atoms with E-state index < -0.39 is 0 Å². The lowest BCUT2D eigenvalue weighted by molar-refractivity contribution is -0.129. The van der Waals surface area contributed by atoms with E-state index in [1.807, 2.05) is 36.0 Å². The summed E-state index contributed by atoms with van der Waals surface area (Å²) in [6.45, 7) is 13.1. The van der Waals surface area contributed by atoms with E-state index in [2.05, 4.69) is 76.0 Å². The van der Waals surface area contributed by atoms with Crippen molar-refractivity contribution in [2.45, 2.75) is 84.7 Å². The van der Waals surface area contributed by atoms with Gasteiger partial charge in [0.15, 0.2) is 5.65 Å². The molecule has 12 heteroatoms. The Hall–Kier alpha value is -4.03. The summed E-state index contributed by atoms with van der Waals surface area (Å²) in [4.78, 5) is 35.9. The highest BCUT2D eigenvalue weighted by Gasteiger charge is 2.23. The zero-order chi connectivity index (χ0) is 35.9. The average Bonchev–Trinajstić information content (AvgIpc) is 3.55. The summed E-state index contributed by atoms with van der Waals surface area (Å²) in [6.07, 6.45) is 4.07. The van der Waals surface area contributed by atoms with Gasteiger partial charge in [-0.05, 0) is 75.0 Å². The van der Waals surface area contributed by atoms with Crippen molar-refractivity contribution < 1.29 is 14.3 Å². The minimum atomic E-state index is -0.348. The van der Waals surface area contributed by atoms with Gasteiger partial charge < -0.3 is 25.6 Å². The number of carbonyl (C=O) groups excluding carboxylic acids is 2. The Morgan fingerprint density at radius 2 is 1.78 bits per heavy atom. The van der Waals surface area contributed by atoms with Gasteiger partial charge in [0, 0.05) is 93.0 Å². The van der Waals surface area contributed by atoms with E-state index in [1.54, 1.807) is 0 Å². The third-order valence-electron chi connectivity index (χ3n) is 10.1. The highest BCUT2D eigenvalue weighted by molar-refractivity contribution is 6.33. The summed E-state index contributed by atoms with van der Waals surface area (Å²) in [5.41, 5.74) is 7.72. The molecule has 0 bridgehead atoms. The zero-order valence-electron chi connectivity index (χ0n) is 30.3. The molecule has 1 atom stereocenters. The van der Waals surface area contributed by atoms with Gasteiger partial charge in [-0.15, -0.1) is 0 Å². The fourth-order valence-corrected chi connectivity index (χ4v) is 7.37. The van der Waals surface area contributed by atoms with Gasteiger partial charge in [-0.1, -0.05) is 42.8 Å². The molecular weight excluding hydrogens is 664 g/mol. The van der Waals surface area contributed by atoms with Gasteiger partial charge in [-0.25, -0.2) is 9.67 Å². The number of rotatable bonds is 13. The van der Waals surface area contributed by atoms with Gasteiger partial charge >= 0.3 is 0 Å². The highest BCUT2D eigenvalue weighted by atomic mass is 35.5. The molecule has 2 saturated heterocycles. The van der Waals surface area contributed by atoms with Crippen LogP contribution in [0.25, 0.3) is 22.2 Å². The number of pyridine rings is 1. The molecule has 2 aromatic carbocycles. The van der Waals surface area contributed by atoms with Crippen molar-refractivity contribution in [2.75, 3.05) is 45.2 Å². The van der Waals surface area contributed by atoms with Crippen LogP contribution in [0.5, 0.6) is 0 Å². The second-order valence-electron chi connectivity index (χ2n) is 13.8. The van der Waals surface area contributed by atoms with Gasteiger partial charge in [0.05, 0.1) is 17.3 Å². The fraction of sp³-hybridized carbons (Fsp3) is 0.487. The first-order chi connectivity index (χ1) is 24.7. The van der Waals surface area contributed by atoms with Crippen LogP contribution in [0.4, 0.5) is 5.69 Å². The standard InChI is InChI=1S/C39H51ClN8O3/c1-5-35-32(38(44-30-12-16-51-17-13-30)33-23-43-48(6-2)39(33)45-35)22-42-37(50)20-36(49)41-21-27-10-11-34(40)31(19-27)29-9-7-8-28(18-29)25-47-15-14-46(4)24-26(47)3/h7-11,18-19,23,26,30H,5-6,12-17,20-22,24-25H2,1-4H3,(H,41,49)(H,42,50)(H,44,45)/t26-/m0/s1. The highest BCUT2D eigenvalue weighted by Crippen LogP contribution is 2.32. The van der Waals surface area contributed by atoms with Crippen LogP contribution >= 0.6 is 11.6 Å². The summed E-state index contributed by atoms with van der Waals surface area (Å²) in [6, 6.07) is 15.1. The van der Waals surface area contributed by atoms with Gasteiger partial charge in [0.25, 0.3) is 0 Å². The maximum absolute atomic E-state index is 13.1. The molecule has 4 heterocycles. The molecule has 0 saturated carbocycles. The van der Waals surface area contributed by atoms with Gasteiger partial charge in [-0.2, -0.15) is 5.10 Å². The Labute approximate surface area is 306 Å². The smallest absolute Gasteiger partial charge is 0.229 e. The van der Waals surface area contributed by atoms with Crippen molar-refractivity contribution in [1.29, 1.82) is 0 Å². The van der Waals surface area contributed by atoms with Gasteiger partial charge in [0.1, 0.15) is 6.42 Å². The number of carbonyl (C=O) groups is 2. The summed E-state index contributed by atoms with van der Waals surface area (Å²) in [7, 11) is 2.18. The molecule has 3 N–H and O–H groups in total. The lowest BCUT2D eigenvalue weighted by Crippen LogP contribution is -2.49. The van der Waals surface area contributed by atoms with E-state index in [9.17, 15) is 9.59 Å². The lowest BCUT2D eigenvalue weighted by atomic mass is 10.00. The van der Waals surface area contributed by atoms with Crippen LogP contribution < -0.4 is 16.0 Å². The van der Waals surface area contributed by atoms with Gasteiger partial charge in [-0.3, -0.25) is 14.5 Å². The van der Waals surface area contributed by atoms with Crippen molar-refractivity contribution in [1.82, 2.24) is 35.2 Å². The van der Waals surface area contributed by atoms with E-state index in [0.717, 1.165) is 83.7 Å². The number of ether oxygens (including phenoxy) is 1. The molecule has 0 spiro atoms. The van der Waals surface area contributed by atoms with Gasteiger partial charge in [0.2, 0.25) is 11.8 Å². The molecule has 2 aliphatic rings. The predicted molar refractivity (Wildman–Crippen MR) is 203 cm³/mol. The van der Waals surface area contributed by atoms with Crippen molar-refractivity contribution in [3.8, 4) is 11.1 Å². The third kappa shape index (κ3) is 9.07. The Morgan fingerprint density at radius 1 is 1.00 bits per heavy atom. The number of nitrogens with zero attached hydrogens (tertiary/aromatic N) is 5. The average molecular weight is 715 g/mol. The molecule has 6 rings (SSSR count). The van der Waals surface area contributed by atoms with Crippen LogP contribution in [0.1, 0.15) is 62.4 Å². The molecule has 2 aromatic heterocycles. The maximum atomic E-state index is 13.1. The minimum Gasteiger partial charge on any atom is -0.381 e. The third-order valence-corrected chi connectivity index (χ3v) is 10.4. The van der Waals surface area contributed by atoms with E-state index >= 15 is 0 Å². The molecule has 4 aromatic rings. The molecule has 2 aliphatic heterocycles. The Balaban J connectivity index is 1.07. The molecule has 0 unspecified atom stereocenters. The number of halogens is 1. The number of anilines is 1. The summed E-state index contributed by atoms with van der Waals surface area (Å²) in [5.74, 6) is -0.694. The Kier molecular flexibility index (Phi) is 12.2. The molecular formula is C39H51ClN8O3. The Morgan fingerprint density at radius 3 is 2.53 bits per heavy atom. The SMILES string of the molecule is CCc1nc2c(cnn2CC)c(NC2CCOCC2)c1CNC(=O)CC(=O)NCc1ccc(Cl)c(-c2cccc(CN3CCN(C)C[C@@H]3C)c2)c1. The lowest BCUT2D eigenvalue weighted by Gasteiger charge is -2.38. The van der Waals surface area contributed by atoms with E-state index in [4.69, 9.17) is 21.3 Å². The number of piperazine rings is 1. The van der Waals surface area contributed by atoms with Crippen LogP contribution in [0.15, 0.2) is 48.7 Å². The summed E-state index contributed by atoms with van der Waals surface area (Å²) in [5, 5.41) is 15.8. The second kappa shape index (κ2) is 17.0. The number of hydrogen-bond acceptors (Lipinski definition) is 8. The number of aryl methyl sites for hydroxylation is 2. The van der Waals surface area contributed by atoms with E-state index in [0.29, 0.717) is 37.2 Å². The van der Waals surface area contributed by atoms with Crippen LogP contribution in [0, 0.1) is 0 Å². The number of nitrogens with one attached hydrogen (secondary N) is 3. The van der Waals surface area contributed by atoms with Crippen LogP contribution in [0.3, 0.4) is 0 Å². The van der Waals surface area contributed by atoms with Crippen molar-refractivity contribution in [3.05, 3.63) is 76.1 Å². The number of fused-ring (bicyclic) bond motifs is 1. The molecule has 51 heavy (non-hydrogen) atoms. The van der Waals surface area contributed by atoms with E-state index in [1.165, 1.54) is 5.56 Å². The normalized spacial score (nSPS) is 17.5. The maximum Gasteiger partial charge on any atom is 0.229 e. The molecule has 272 valence electrons. The Bertz CT molecular complexity index is 1840. The van der Waals surface area contributed by atoms with Crippen molar-refractivity contribution >= 4 is 40.1 Å². The molecule has 2 amide bonds. The monoisotopic (exact) mass is 714 g/mol.